The second-order valence-corrected chi connectivity index (χ2v) is 8.92. The Morgan fingerprint density at radius 1 is 1.06 bits per heavy atom. The maximum Gasteiger partial charge on any atom is 0.311 e. The third kappa shape index (κ3) is 3.54. The van der Waals surface area contributed by atoms with Gasteiger partial charge in [-0.25, -0.2) is 4.98 Å². The van der Waals surface area contributed by atoms with Crippen LogP contribution in [-0.2, 0) is 16.1 Å². The van der Waals surface area contributed by atoms with Gasteiger partial charge < -0.3 is 19.5 Å². The largest absolute Gasteiger partial charge is 0.497 e. The van der Waals surface area contributed by atoms with Gasteiger partial charge in [-0.1, -0.05) is 24.0 Å². The van der Waals surface area contributed by atoms with Gasteiger partial charge in [-0.15, -0.1) is 0 Å². The summed E-state index contributed by atoms with van der Waals surface area (Å²) >= 11 is 0. The fourth-order valence-electron chi connectivity index (χ4n) is 5.19. The lowest BCUT2D eigenvalue weighted by Gasteiger charge is -2.65. The van der Waals surface area contributed by atoms with Crippen molar-refractivity contribution < 1.29 is 19.0 Å². The van der Waals surface area contributed by atoms with E-state index >= 15 is 0 Å². The summed E-state index contributed by atoms with van der Waals surface area (Å²) in [6, 6.07) is 13.9. The van der Waals surface area contributed by atoms with E-state index in [1.807, 2.05) is 42.5 Å². The molecule has 3 saturated carbocycles. The number of methoxy groups -OCH3 is 3. The summed E-state index contributed by atoms with van der Waals surface area (Å²) in [4.78, 5) is 16.5. The zero-order valence-electron chi connectivity index (χ0n) is 19.0. The van der Waals surface area contributed by atoms with Gasteiger partial charge in [0.1, 0.15) is 17.3 Å². The van der Waals surface area contributed by atoms with E-state index in [0.29, 0.717) is 6.54 Å². The van der Waals surface area contributed by atoms with Crippen molar-refractivity contribution in [1.82, 2.24) is 4.98 Å². The number of ether oxygens (including phenoxy) is 3. The predicted octanol–water partition coefficient (Wildman–Crippen LogP) is 4.56. The molecule has 1 aromatic heterocycles. The second kappa shape index (κ2) is 8.00. The van der Waals surface area contributed by atoms with Crippen LogP contribution in [0.15, 0.2) is 48.7 Å². The maximum absolute atomic E-state index is 11.9. The Balaban J connectivity index is 1.36. The van der Waals surface area contributed by atoms with Gasteiger partial charge in [-0.2, -0.15) is 0 Å². The number of aromatic nitrogens is 1. The van der Waals surface area contributed by atoms with E-state index in [4.69, 9.17) is 14.2 Å². The lowest BCUT2D eigenvalue weighted by atomic mass is 9.35. The van der Waals surface area contributed by atoms with Crippen molar-refractivity contribution >= 4 is 22.6 Å². The van der Waals surface area contributed by atoms with Crippen molar-refractivity contribution in [3.63, 3.8) is 0 Å². The van der Waals surface area contributed by atoms with Crippen LogP contribution in [0.25, 0.3) is 10.8 Å². The summed E-state index contributed by atoms with van der Waals surface area (Å²) in [5, 5.41) is 5.51. The number of fused-ring (bicyclic) bond motifs is 1. The van der Waals surface area contributed by atoms with Crippen molar-refractivity contribution in [1.29, 1.82) is 0 Å². The molecule has 0 atom stereocenters. The van der Waals surface area contributed by atoms with Crippen LogP contribution in [0.1, 0.15) is 30.4 Å². The number of carbonyl (C=O) groups excluding carboxylic acids is 1. The molecule has 3 aliphatic carbocycles. The van der Waals surface area contributed by atoms with Gasteiger partial charge in [0.15, 0.2) is 0 Å². The number of hydrogen-bond acceptors (Lipinski definition) is 6. The van der Waals surface area contributed by atoms with Crippen molar-refractivity contribution in [3.05, 3.63) is 59.8 Å². The monoisotopic (exact) mass is 442 g/mol. The zero-order chi connectivity index (χ0) is 23.1. The van der Waals surface area contributed by atoms with Gasteiger partial charge >= 0.3 is 5.97 Å². The summed E-state index contributed by atoms with van der Waals surface area (Å²) in [5.41, 5.74) is 1.68. The Labute approximate surface area is 193 Å². The molecule has 0 unspecified atom stereocenters. The lowest BCUT2D eigenvalue weighted by molar-refractivity contribution is -0.205. The Hall–Kier alpha value is -3.72. The number of rotatable bonds is 6. The molecule has 6 heteroatoms. The summed E-state index contributed by atoms with van der Waals surface area (Å²) in [7, 11) is 4.75. The number of anilines is 1. The van der Waals surface area contributed by atoms with Gasteiger partial charge in [-0.05, 0) is 43.5 Å². The first-order valence-electron chi connectivity index (χ1n) is 11.0. The van der Waals surface area contributed by atoms with Crippen LogP contribution in [-0.4, -0.2) is 32.3 Å². The number of esters is 1. The average molecular weight is 443 g/mol. The highest BCUT2D eigenvalue weighted by Crippen LogP contribution is 2.73. The standard InChI is InChI=1S/C27H26N2O4/c1-31-20-8-7-19(23(13-20)32-2)14-29-24-22-6-4-5-18(21(22)10-12-28-24)9-11-26-15-27(16-26,17-26)25(30)33-3/h4-8,10,12-13H,14-17H2,1-3H3,(H,28,29). The summed E-state index contributed by atoms with van der Waals surface area (Å²) in [6.07, 6.45) is 4.22. The van der Waals surface area contributed by atoms with Gasteiger partial charge in [0.05, 0.1) is 26.7 Å². The predicted molar refractivity (Wildman–Crippen MR) is 126 cm³/mol. The molecule has 0 radical (unpaired) electrons. The number of carbonyl (C=O) groups is 1. The summed E-state index contributed by atoms with van der Waals surface area (Å²) < 4.78 is 15.7. The first-order chi connectivity index (χ1) is 16.0. The highest BCUT2D eigenvalue weighted by Gasteiger charge is 2.72. The number of nitrogens with one attached hydrogen (secondary N) is 1. The first kappa shape index (κ1) is 21.1. The van der Waals surface area contributed by atoms with Crippen LogP contribution < -0.4 is 14.8 Å². The molecular weight excluding hydrogens is 416 g/mol. The SMILES string of the molecule is COC(=O)C12CC(C#Cc3cccc4c(NCc5ccc(OC)cc5OC)nccc34)(C1)C2. The smallest absolute Gasteiger partial charge is 0.311 e. The Morgan fingerprint density at radius 2 is 1.88 bits per heavy atom. The molecule has 2 aromatic carbocycles. The molecule has 6 rings (SSSR count). The molecule has 33 heavy (non-hydrogen) atoms. The fraction of sp³-hybridized carbons (Fsp3) is 0.333. The molecule has 3 aliphatic rings. The molecule has 3 fully saturated rings. The minimum absolute atomic E-state index is 0.0324. The Bertz CT molecular complexity index is 1280. The topological polar surface area (TPSA) is 69.7 Å². The van der Waals surface area contributed by atoms with E-state index in [1.165, 1.54) is 7.11 Å². The van der Waals surface area contributed by atoms with E-state index in [9.17, 15) is 4.79 Å². The minimum atomic E-state index is -0.272. The van der Waals surface area contributed by atoms with Crippen molar-refractivity contribution in [2.45, 2.75) is 25.8 Å². The highest BCUT2D eigenvalue weighted by molar-refractivity contribution is 5.95. The molecule has 168 valence electrons. The van der Waals surface area contributed by atoms with Crippen molar-refractivity contribution in [3.8, 4) is 23.3 Å². The lowest BCUT2D eigenvalue weighted by Crippen LogP contribution is -2.65. The normalized spacial score (nSPS) is 22.3. The van der Waals surface area contributed by atoms with Gasteiger partial charge in [0.2, 0.25) is 0 Å². The van der Waals surface area contributed by atoms with E-state index < -0.39 is 0 Å². The average Bonchev–Trinajstić information content (AvgIpc) is 2.80. The molecule has 2 bridgehead atoms. The van der Waals surface area contributed by atoms with Crippen LogP contribution >= 0.6 is 0 Å². The van der Waals surface area contributed by atoms with Crippen LogP contribution in [0.3, 0.4) is 0 Å². The maximum atomic E-state index is 11.9. The van der Waals surface area contributed by atoms with Crippen LogP contribution in [0.4, 0.5) is 5.82 Å². The quantitative estimate of drug-likeness (QED) is 0.446. The van der Waals surface area contributed by atoms with Crippen LogP contribution in [0, 0.1) is 22.7 Å². The van der Waals surface area contributed by atoms with E-state index in [1.54, 1.807) is 20.4 Å². The number of hydrogen-bond donors (Lipinski definition) is 1. The van der Waals surface area contributed by atoms with E-state index in [2.05, 4.69) is 22.1 Å². The van der Waals surface area contributed by atoms with Crippen molar-refractivity contribution in [2.75, 3.05) is 26.6 Å². The van der Waals surface area contributed by atoms with E-state index in [-0.39, 0.29) is 16.8 Å². The fourth-order valence-corrected chi connectivity index (χ4v) is 5.19. The molecular formula is C27H26N2O4. The molecule has 0 saturated heterocycles. The van der Waals surface area contributed by atoms with Crippen LogP contribution in [0.2, 0.25) is 0 Å². The van der Waals surface area contributed by atoms with Crippen molar-refractivity contribution in [2.24, 2.45) is 10.8 Å². The van der Waals surface area contributed by atoms with Gasteiger partial charge in [-0.3, -0.25) is 4.79 Å². The highest BCUT2D eigenvalue weighted by atomic mass is 16.5. The molecule has 1 N–H and O–H groups in total. The third-order valence-electron chi connectivity index (χ3n) is 6.86. The molecule has 0 spiro atoms. The number of benzene rings is 2. The zero-order valence-corrected chi connectivity index (χ0v) is 19.0. The second-order valence-electron chi connectivity index (χ2n) is 8.92. The minimum Gasteiger partial charge on any atom is -0.497 e. The van der Waals surface area contributed by atoms with E-state index in [0.717, 1.165) is 58.5 Å². The summed E-state index contributed by atoms with van der Waals surface area (Å²) in [6.45, 7) is 0.563. The number of pyridine rings is 1. The first-order valence-corrected chi connectivity index (χ1v) is 11.0. The van der Waals surface area contributed by atoms with Crippen LogP contribution in [0.5, 0.6) is 11.5 Å². The molecule has 1 heterocycles. The Morgan fingerprint density at radius 3 is 2.61 bits per heavy atom. The Kier molecular flexibility index (Phi) is 5.13. The third-order valence-corrected chi connectivity index (χ3v) is 6.86. The molecule has 0 aliphatic heterocycles. The molecule has 3 aromatic rings. The molecule has 0 amide bonds. The molecule has 6 nitrogen and oxygen atoms in total. The van der Waals surface area contributed by atoms with Gasteiger partial charge in [0, 0.05) is 46.1 Å². The summed E-state index contributed by atoms with van der Waals surface area (Å²) in [5.74, 6) is 9.05. The van der Waals surface area contributed by atoms with Gasteiger partial charge in [0.25, 0.3) is 0 Å². The number of nitrogens with zero attached hydrogens (tertiary/aromatic N) is 1.